The first-order valence-corrected chi connectivity index (χ1v) is 10.1. The molecule has 32 heavy (non-hydrogen) atoms. The number of morpholine rings is 1. The number of rotatable bonds is 7. The summed E-state index contributed by atoms with van der Waals surface area (Å²) < 4.78 is 36.9. The lowest BCUT2D eigenvalue weighted by atomic mass is 10.2. The predicted molar refractivity (Wildman–Crippen MR) is 112 cm³/mol. The Bertz CT molecular complexity index is 1070. The number of halogens is 3. The van der Waals surface area contributed by atoms with Gasteiger partial charge in [0, 0.05) is 30.4 Å². The van der Waals surface area contributed by atoms with Gasteiger partial charge < -0.3 is 19.7 Å². The maximum absolute atomic E-state index is 12.7. The molecular weight excluding hydrogens is 446 g/mol. The third-order valence-electron chi connectivity index (χ3n) is 4.69. The number of hydrogen-bond donors (Lipinski definition) is 1. The number of carbonyl (C=O) groups is 1. The third kappa shape index (κ3) is 5.11. The summed E-state index contributed by atoms with van der Waals surface area (Å²) in [5.74, 6) is 0.701. The molecule has 1 fully saturated rings. The van der Waals surface area contributed by atoms with Crippen LogP contribution in [0.1, 0.15) is 16.9 Å². The van der Waals surface area contributed by atoms with Crippen LogP contribution in [0.2, 0.25) is 5.02 Å². The Morgan fingerprint density at radius 1 is 1.22 bits per heavy atom. The normalized spacial score (nSPS) is 13.9. The van der Waals surface area contributed by atoms with E-state index in [0.717, 1.165) is 6.20 Å². The van der Waals surface area contributed by atoms with E-state index in [-0.39, 0.29) is 29.3 Å². The fourth-order valence-electron chi connectivity index (χ4n) is 3.05. The van der Waals surface area contributed by atoms with E-state index in [1.807, 2.05) is 0 Å². The summed E-state index contributed by atoms with van der Waals surface area (Å²) in [4.78, 5) is 22.5. The molecule has 1 aliphatic rings. The Morgan fingerprint density at radius 3 is 2.66 bits per heavy atom. The number of anilines is 1. The molecule has 1 aliphatic heterocycles. The lowest BCUT2D eigenvalue weighted by Gasteiger charge is -2.26. The Balaban J connectivity index is 1.34. The second-order valence-electron chi connectivity index (χ2n) is 6.77. The summed E-state index contributed by atoms with van der Waals surface area (Å²) in [6.07, 6.45) is 3.76. The molecule has 2 aromatic heterocycles. The van der Waals surface area contributed by atoms with Crippen molar-refractivity contribution in [2.75, 3.05) is 38.4 Å². The summed E-state index contributed by atoms with van der Waals surface area (Å²) in [5.41, 5.74) is 1.17. The van der Waals surface area contributed by atoms with Gasteiger partial charge in [-0.15, -0.1) is 0 Å². The molecule has 1 saturated heterocycles. The lowest BCUT2D eigenvalue weighted by Crippen LogP contribution is -2.40. The maximum Gasteiger partial charge on any atom is 0.333 e. The van der Waals surface area contributed by atoms with Gasteiger partial charge in [0.2, 0.25) is 5.95 Å². The molecule has 1 aromatic carbocycles. The van der Waals surface area contributed by atoms with E-state index in [4.69, 9.17) is 21.1 Å². The van der Waals surface area contributed by atoms with Gasteiger partial charge in [0.15, 0.2) is 6.73 Å². The summed E-state index contributed by atoms with van der Waals surface area (Å²) in [7, 11) is 0. The van der Waals surface area contributed by atoms with Crippen molar-refractivity contribution >= 4 is 23.5 Å². The smallest absolute Gasteiger partial charge is 0.333 e. The number of aromatic nitrogens is 4. The Hall–Kier alpha value is -3.31. The van der Waals surface area contributed by atoms with Crippen LogP contribution in [-0.4, -0.2) is 63.6 Å². The molecular formula is C20H19ClF2N6O3. The van der Waals surface area contributed by atoms with Crippen molar-refractivity contribution in [1.29, 1.82) is 0 Å². The fraction of sp³-hybridized carbons (Fsp3) is 0.300. The van der Waals surface area contributed by atoms with Crippen molar-refractivity contribution < 1.29 is 23.0 Å². The highest BCUT2D eigenvalue weighted by atomic mass is 35.5. The van der Waals surface area contributed by atoms with E-state index >= 15 is 0 Å². The maximum atomic E-state index is 12.7. The first-order chi connectivity index (χ1) is 15.5. The molecule has 1 amide bonds. The molecule has 9 nitrogen and oxygen atoms in total. The first-order valence-electron chi connectivity index (χ1n) is 9.70. The van der Waals surface area contributed by atoms with E-state index in [9.17, 15) is 13.6 Å². The number of hydrogen-bond acceptors (Lipinski definition) is 7. The molecule has 0 bridgehead atoms. The minimum atomic E-state index is -2.76. The molecule has 4 rings (SSSR count). The number of carbonyl (C=O) groups excluding carboxylic acids is 1. The number of ether oxygens (including phenoxy) is 2. The van der Waals surface area contributed by atoms with Crippen molar-refractivity contribution in [2.45, 2.75) is 6.55 Å². The summed E-state index contributed by atoms with van der Waals surface area (Å²) >= 11 is 6.10. The fourth-order valence-corrected chi connectivity index (χ4v) is 3.25. The molecule has 1 N–H and O–H groups in total. The summed E-state index contributed by atoms with van der Waals surface area (Å²) in [6.45, 7) is -0.483. The van der Waals surface area contributed by atoms with Crippen molar-refractivity contribution in [1.82, 2.24) is 24.6 Å². The number of nitrogens with one attached hydrogen (secondary N) is 1. The van der Waals surface area contributed by atoms with E-state index in [1.165, 1.54) is 12.4 Å². The zero-order valence-electron chi connectivity index (χ0n) is 16.7. The number of amides is 1. The minimum Gasteiger partial charge on any atom is -0.473 e. The van der Waals surface area contributed by atoms with Gasteiger partial charge in [-0.05, 0) is 24.3 Å². The zero-order chi connectivity index (χ0) is 22.5. The summed E-state index contributed by atoms with van der Waals surface area (Å²) in [6, 6.07) is 6.79. The highest BCUT2D eigenvalue weighted by molar-refractivity contribution is 6.32. The van der Waals surface area contributed by atoms with Crippen LogP contribution in [0.3, 0.4) is 0 Å². The third-order valence-corrected chi connectivity index (χ3v) is 4.96. The van der Waals surface area contributed by atoms with Crippen LogP contribution in [-0.2, 0) is 4.74 Å². The molecule has 0 saturated carbocycles. The predicted octanol–water partition coefficient (Wildman–Crippen LogP) is 3.31. The van der Waals surface area contributed by atoms with Gasteiger partial charge in [0.1, 0.15) is 5.75 Å². The first kappa shape index (κ1) is 21.9. The van der Waals surface area contributed by atoms with Crippen LogP contribution >= 0.6 is 11.6 Å². The molecule has 0 spiro atoms. The van der Waals surface area contributed by atoms with E-state index in [2.05, 4.69) is 20.4 Å². The van der Waals surface area contributed by atoms with Gasteiger partial charge in [0.05, 0.1) is 36.3 Å². The standard InChI is InChI=1S/C20H19ClF2N6O3/c21-16-10-24-20(27-17(16)14-9-26-29(11-14)19(22)23)25-12-32-15-3-1-13(2-4-15)18(30)28-5-7-31-8-6-28/h1-4,9-11,19H,5-8,12H2,(H,24,25,27). The van der Waals surface area contributed by atoms with E-state index in [1.54, 1.807) is 29.2 Å². The van der Waals surface area contributed by atoms with E-state index in [0.29, 0.717) is 47.9 Å². The van der Waals surface area contributed by atoms with Gasteiger partial charge in [-0.25, -0.2) is 14.6 Å². The van der Waals surface area contributed by atoms with Crippen LogP contribution in [0, 0.1) is 0 Å². The van der Waals surface area contributed by atoms with Gasteiger partial charge in [-0.3, -0.25) is 4.79 Å². The average molecular weight is 465 g/mol. The molecule has 0 radical (unpaired) electrons. The molecule has 168 valence electrons. The molecule has 0 aliphatic carbocycles. The molecule has 12 heteroatoms. The lowest BCUT2D eigenvalue weighted by molar-refractivity contribution is 0.0303. The second-order valence-corrected chi connectivity index (χ2v) is 7.18. The Kier molecular flexibility index (Phi) is 6.76. The highest BCUT2D eigenvalue weighted by Crippen LogP contribution is 2.27. The van der Waals surface area contributed by atoms with Crippen molar-refractivity contribution in [3.05, 3.63) is 53.4 Å². The quantitative estimate of drug-likeness (QED) is 0.536. The molecule has 0 unspecified atom stereocenters. The van der Waals surface area contributed by atoms with Crippen LogP contribution < -0.4 is 10.1 Å². The second kappa shape index (κ2) is 9.88. The molecule has 0 atom stereocenters. The number of alkyl halides is 2. The van der Waals surface area contributed by atoms with Gasteiger partial charge >= 0.3 is 6.55 Å². The van der Waals surface area contributed by atoms with Gasteiger partial charge in [-0.1, -0.05) is 11.6 Å². The van der Waals surface area contributed by atoms with Crippen molar-refractivity contribution in [2.24, 2.45) is 0 Å². The SMILES string of the molecule is O=C(c1ccc(OCNc2ncc(Cl)c(-c3cnn(C(F)F)c3)n2)cc1)N1CCOCC1. The molecule has 3 aromatic rings. The van der Waals surface area contributed by atoms with Crippen LogP contribution in [0.25, 0.3) is 11.3 Å². The van der Waals surface area contributed by atoms with Crippen LogP contribution in [0.4, 0.5) is 14.7 Å². The van der Waals surface area contributed by atoms with Crippen molar-refractivity contribution in [3.63, 3.8) is 0 Å². The van der Waals surface area contributed by atoms with Crippen LogP contribution in [0.15, 0.2) is 42.9 Å². The Labute approximate surface area is 186 Å². The largest absolute Gasteiger partial charge is 0.473 e. The number of nitrogens with zero attached hydrogens (tertiary/aromatic N) is 5. The topological polar surface area (TPSA) is 94.4 Å². The monoisotopic (exact) mass is 464 g/mol. The highest BCUT2D eigenvalue weighted by Gasteiger charge is 2.18. The number of benzene rings is 1. The summed E-state index contributed by atoms with van der Waals surface area (Å²) in [5, 5.41) is 6.66. The van der Waals surface area contributed by atoms with Gasteiger partial charge in [-0.2, -0.15) is 13.9 Å². The average Bonchev–Trinajstić information content (AvgIpc) is 3.31. The van der Waals surface area contributed by atoms with E-state index < -0.39 is 6.55 Å². The van der Waals surface area contributed by atoms with Crippen molar-refractivity contribution in [3.8, 4) is 17.0 Å². The zero-order valence-corrected chi connectivity index (χ0v) is 17.5. The van der Waals surface area contributed by atoms with Gasteiger partial charge in [0.25, 0.3) is 5.91 Å². The Morgan fingerprint density at radius 2 is 1.97 bits per heavy atom. The minimum absolute atomic E-state index is 0.0358. The van der Waals surface area contributed by atoms with Crippen LogP contribution in [0.5, 0.6) is 5.75 Å². The molecule has 3 heterocycles.